The summed E-state index contributed by atoms with van der Waals surface area (Å²) in [7, 11) is 0. The van der Waals surface area contributed by atoms with Crippen LogP contribution in [0.15, 0.2) is 41.3 Å². The van der Waals surface area contributed by atoms with E-state index in [1.54, 1.807) is 12.1 Å². The number of benzene rings is 2. The average Bonchev–Trinajstić information content (AvgIpc) is 2.93. The molecule has 3 rings (SSSR count). The molecule has 30 heavy (non-hydrogen) atoms. The second-order valence-electron chi connectivity index (χ2n) is 5.94. The van der Waals surface area contributed by atoms with Crippen molar-refractivity contribution >= 4 is 69.5 Å². The molecule has 154 valence electrons. The Bertz CT molecular complexity index is 1120. The number of nitro benzene ring substituents is 1. The summed E-state index contributed by atoms with van der Waals surface area (Å²) in [5, 5.41) is 22.9. The zero-order valence-electron chi connectivity index (χ0n) is 14.8. The van der Waals surface area contributed by atoms with Crippen LogP contribution in [0.3, 0.4) is 0 Å². The van der Waals surface area contributed by atoms with E-state index in [1.165, 1.54) is 12.1 Å². The molecule has 0 saturated carbocycles. The predicted octanol–water partition coefficient (Wildman–Crippen LogP) is 4.28. The van der Waals surface area contributed by atoms with E-state index < -0.39 is 34.3 Å². The number of carbonyl (C=O) groups is 3. The number of carbonyl (C=O) groups excluding carboxylic acids is 3. The zero-order valence-corrected chi connectivity index (χ0v) is 17.1. The van der Waals surface area contributed by atoms with Gasteiger partial charge in [-0.15, -0.1) is 0 Å². The van der Waals surface area contributed by atoms with E-state index in [1.807, 2.05) is 0 Å². The second-order valence-corrected chi connectivity index (χ2v) is 7.78. The lowest BCUT2D eigenvalue weighted by molar-refractivity contribution is -0.384. The van der Waals surface area contributed by atoms with E-state index in [2.05, 4.69) is 5.32 Å². The fourth-order valence-corrected chi connectivity index (χ4v) is 3.76. The third kappa shape index (κ3) is 4.73. The van der Waals surface area contributed by atoms with Crippen molar-refractivity contribution in [3.63, 3.8) is 0 Å². The number of nitrogens with one attached hydrogen (secondary N) is 1. The minimum absolute atomic E-state index is 0.0650. The number of non-ortho nitro benzene ring substituents is 1. The summed E-state index contributed by atoms with van der Waals surface area (Å²) >= 11 is 12.5. The Hall–Kier alpha value is -3.08. The summed E-state index contributed by atoms with van der Waals surface area (Å²) in [5.41, 5.74) is -0.0979. The summed E-state index contributed by atoms with van der Waals surface area (Å²) in [6, 6.07) is 7.71. The molecule has 1 aliphatic heterocycles. The van der Waals surface area contributed by atoms with Crippen molar-refractivity contribution in [1.29, 1.82) is 0 Å². The van der Waals surface area contributed by atoms with Gasteiger partial charge in [0.1, 0.15) is 12.3 Å². The number of phenolic OH excluding ortho intramolecular Hbond substituents is 1. The highest BCUT2D eigenvalue weighted by atomic mass is 35.5. The van der Waals surface area contributed by atoms with Crippen LogP contribution < -0.4 is 5.32 Å². The lowest BCUT2D eigenvalue weighted by atomic mass is 10.2. The molecule has 1 saturated heterocycles. The van der Waals surface area contributed by atoms with Crippen LogP contribution >= 0.6 is 35.0 Å². The summed E-state index contributed by atoms with van der Waals surface area (Å²) in [4.78, 5) is 47.9. The highest BCUT2D eigenvalue weighted by Crippen LogP contribution is 2.34. The van der Waals surface area contributed by atoms with Crippen LogP contribution in [0.1, 0.15) is 5.56 Å². The Morgan fingerprint density at radius 2 is 1.97 bits per heavy atom. The van der Waals surface area contributed by atoms with Gasteiger partial charge in [0.25, 0.3) is 16.8 Å². The van der Waals surface area contributed by atoms with Crippen molar-refractivity contribution in [1.82, 2.24) is 4.90 Å². The van der Waals surface area contributed by atoms with Crippen LogP contribution in [0.5, 0.6) is 5.75 Å². The largest absolute Gasteiger partial charge is 0.506 e. The van der Waals surface area contributed by atoms with Gasteiger partial charge in [0, 0.05) is 22.2 Å². The molecule has 0 unspecified atom stereocenters. The number of nitrogens with zero attached hydrogens (tertiary/aromatic N) is 2. The molecule has 0 aromatic heterocycles. The monoisotopic (exact) mass is 467 g/mol. The van der Waals surface area contributed by atoms with E-state index in [-0.39, 0.29) is 21.3 Å². The number of nitro groups is 1. The highest BCUT2D eigenvalue weighted by molar-refractivity contribution is 8.18. The smallest absolute Gasteiger partial charge is 0.294 e. The molecule has 1 heterocycles. The van der Waals surface area contributed by atoms with Crippen molar-refractivity contribution in [3.05, 3.63) is 67.0 Å². The third-order valence-corrected chi connectivity index (χ3v) is 5.36. The van der Waals surface area contributed by atoms with E-state index in [9.17, 15) is 29.6 Å². The van der Waals surface area contributed by atoms with E-state index in [0.717, 1.165) is 18.2 Å². The Balaban J connectivity index is 1.74. The van der Waals surface area contributed by atoms with Crippen molar-refractivity contribution in [2.45, 2.75) is 0 Å². The Kier molecular flexibility index (Phi) is 6.30. The van der Waals surface area contributed by atoms with Gasteiger partial charge in [-0.25, -0.2) is 0 Å². The molecule has 0 aliphatic carbocycles. The van der Waals surface area contributed by atoms with Gasteiger partial charge in [-0.3, -0.25) is 29.4 Å². The van der Waals surface area contributed by atoms with Crippen LogP contribution in [0.25, 0.3) is 6.08 Å². The van der Waals surface area contributed by atoms with Crippen LogP contribution in [-0.4, -0.2) is 38.5 Å². The molecule has 2 aromatic carbocycles. The molecular formula is C18H11Cl2N3O6S. The first kappa shape index (κ1) is 21.6. The number of hydrogen-bond donors (Lipinski definition) is 2. The van der Waals surface area contributed by atoms with Crippen LogP contribution in [0.2, 0.25) is 10.0 Å². The molecule has 1 aliphatic rings. The number of rotatable bonds is 5. The lowest BCUT2D eigenvalue weighted by Gasteiger charge is -2.13. The van der Waals surface area contributed by atoms with Crippen molar-refractivity contribution in [2.75, 3.05) is 11.9 Å². The van der Waals surface area contributed by atoms with Gasteiger partial charge < -0.3 is 10.4 Å². The fraction of sp³-hybridized carbons (Fsp3) is 0.0556. The van der Waals surface area contributed by atoms with Gasteiger partial charge in [-0.05, 0) is 41.6 Å². The molecule has 9 nitrogen and oxygen atoms in total. The molecular weight excluding hydrogens is 457 g/mol. The molecule has 0 atom stereocenters. The fourth-order valence-electron chi connectivity index (χ4n) is 2.47. The van der Waals surface area contributed by atoms with E-state index in [0.29, 0.717) is 27.2 Å². The van der Waals surface area contributed by atoms with Gasteiger partial charge in [-0.1, -0.05) is 29.3 Å². The predicted molar refractivity (Wildman–Crippen MR) is 113 cm³/mol. The van der Waals surface area contributed by atoms with Gasteiger partial charge in [0.2, 0.25) is 5.91 Å². The summed E-state index contributed by atoms with van der Waals surface area (Å²) < 4.78 is 0. The first-order chi connectivity index (χ1) is 14.2. The Morgan fingerprint density at radius 1 is 1.23 bits per heavy atom. The van der Waals surface area contributed by atoms with Crippen LogP contribution in [0, 0.1) is 10.1 Å². The molecule has 12 heteroatoms. The van der Waals surface area contributed by atoms with Gasteiger partial charge in [0.15, 0.2) is 0 Å². The normalized spacial score (nSPS) is 15.0. The first-order valence-corrected chi connectivity index (χ1v) is 9.70. The quantitative estimate of drug-likeness (QED) is 0.290. The van der Waals surface area contributed by atoms with Crippen molar-refractivity contribution < 1.29 is 24.4 Å². The second kappa shape index (κ2) is 8.74. The number of imide groups is 1. The molecule has 1 fully saturated rings. The summed E-state index contributed by atoms with van der Waals surface area (Å²) in [5.74, 6) is -1.92. The minimum Gasteiger partial charge on any atom is -0.506 e. The lowest BCUT2D eigenvalue weighted by Crippen LogP contribution is -2.36. The van der Waals surface area contributed by atoms with Gasteiger partial charge >= 0.3 is 0 Å². The number of anilines is 1. The average molecular weight is 468 g/mol. The molecule has 2 aromatic rings. The maximum Gasteiger partial charge on any atom is 0.294 e. The number of phenols is 1. The number of halogens is 2. The first-order valence-electron chi connectivity index (χ1n) is 8.13. The molecule has 0 radical (unpaired) electrons. The maximum absolute atomic E-state index is 12.5. The number of aromatic hydroxyl groups is 1. The molecule has 0 bridgehead atoms. The van der Waals surface area contributed by atoms with Gasteiger partial charge in [-0.2, -0.15) is 0 Å². The van der Waals surface area contributed by atoms with E-state index >= 15 is 0 Å². The highest BCUT2D eigenvalue weighted by Gasteiger charge is 2.36. The Labute approximate surface area is 183 Å². The molecule has 0 spiro atoms. The van der Waals surface area contributed by atoms with E-state index in [4.69, 9.17) is 23.2 Å². The summed E-state index contributed by atoms with van der Waals surface area (Å²) in [6.45, 7) is -0.640. The Morgan fingerprint density at radius 3 is 2.63 bits per heavy atom. The third-order valence-electron chi connectivity index (χ3n) is 3.89. The van der Waals surface area contributed by atoms with Crippen molar-refractivity contribution in [2.24, 2.45) is 0 Å². The number of hydrogen-bond acceptors (Lipinski definition) is 7. The van der Waals surface area contributed by atoms with Crippen LogP contribution in [0.4, 0.5) is 16.2 Å². The SMILES string of the molecule is O=C(CN1C(=O)SC(=Cc2ccc(Cl)cc2Cl)C1=O)Nc1cc([N+](=O)[O-])ccc1O. The van der Waals surface area contributed by atoms with Crippen molar-refractivity contribution in [3.8, 4) is 5.75 Å². The molecule has 2 N–H and O–H groups in total. The number of amides is 3. The number of thioether (sulfide) groups is 1. The summed E-state index contributed by atoms with van der Waals surface area (Å²) in [6.07, 6.45) is 1.41. The molecule has 3 amide bonds. The zero-order chi connectivity index (χ0) is 22.0. The topological polar surface area (TPSA) is 130 Å². The minimum atomic E-state index is -0.820. The van der Waals surface area contributed by atoms with Gasteiger partial charge in [0.05, 0.1) is 15.5 Å². The standard InChI is InChI=1S/C18H11Cl2N3O6S/c19-10-2-1-9(12(20)6-10)5-15-17(26)22(18(27)30-15)8-16(25)21-13-7-11(23(28)29)3-4-14(13)24/h1-7,24H,8H2,(H,21,25). The van der Waals surface area contributed by atoms with Crippen LogP contribution in [-0.2, 0) is 9.59 Å². The maximum atomic E-state index is 12.5.